The molecular weight excluding hydrogens is 408 g/mol. The predicted molar refractivity (Wildman–Crippen MR) is 113 cm³/mol. The van der Waals surface area contributed by atoms with Crippen molar-refractivity contribution in [3.8, 4) is 0 Å². The van der Waals surface area contributed by atoms with Crippen LogP contribution in [-0.4, -0.2) is 54.0 Å². The second kappa shape index (κ2) is 9.40. The Bertz CT molecular complexity index is 1070. The summed E-state index contributed by atoms with van der Waals surface area (Å²) in [5.41, 5.74) is 2.59. The number of H-pyrrole nitrogens is 1. The molecule has 0 radical (unpaired) electrons. The Morgan fingerprint density at radius 3 is 2.77 bits per heavy atom. The van der Waals surface area contributed by atoms with Gasteiger partial charge in [0.2, 0.25) is 0 Å². The van der Waals surface area contributed by atoms with Crippen LogP contribution in [0.25, 0.3) is 10.9 Å². The van der Waals surface area contributed by atoms with Crippen LogP contribution in [0.1, 0.15) is 21.6 Å². The van der Waals surface area contributed by atoms with E-state index in [-0.39, 0.29) is 6.42 Å². The molecule has 9 nitrogen and oxygen atoms in total. The maximum absolute atomic E-state index is 12.3. The minimum absolute atomic E-state index is 0.230. The van der Waals surface area contributed by atoms with Gasteiger partial charge in [0.25, 0.3) is 5.91 Å². The van der Waals surface area contributed by atoms with Crippen LogP contribution in [-0.2, 0) is 25.5 Å². The topological polar surface area (TPSA) is 122 Å². The molecule has 3 N–H and O–H groups in total. The number of nitrogens with zero attached hydrogens (tertiary/aromatic N) is 1. The van der Waals surface area contributed by atoms with Gasteiger partial charge in [-0.3, -0.25) is 4.79 Å². The lowest BCUT2D eigenvalue weighted by atomic mass is 10.0. The molecule has 0 aliphatic carbocycles. The van der Waals surface area contributed by atoms with Crippen molar-refractivity contribution in [2.24, 2.45) is 0 Å². The van der Waals surface area contributed by atoms with E-state index in [1.807, 2.05) is 24.3 Å². The van der Waals surface area contributed by atoms with Crippen LogP contribution in [0.3, 0.4) is 0 Å². The molecule has 0 spiro atoms. The number of hydrogen-bond acceptors (Lipinski definition) is 8. The number of para-hydroxylation sites is 1. The van der Waals surface area contributed by atoms with Gasteiger partial charge in [-0.25, -0.2) is 9.59 Å². The smallest absolute Gasteiger partial charge is 0.343 e. The van der Waals surface area contributed by atoms with Gasteiger partial charge in [0.05, 0.1) is 12.8 Å². The number of carbonyl (C=O) groups excluding carboxylic acids is 3. The highest BCUT2D eigenvalue weighted by Crippen LogP contribution is 2.24. The highest BCUT2D eigenvalue weighted by Gasteiger charge is 2.25. The van der Waals surface area contributed by atoms with E-state index in [4.69, 9.17) is 9.47 Å². The predicted octanol–water partition coefficient (Wildman–Crippen LogP) is 2.03. The molecule has 3 rings (SSSR count). The van der Waals surface area contributed by atoms with Gasteiger partial charge in [0.1, 0.15) is 16.6 Å². The van der Waals surface area contributed by atoms with E-state index in [1.165, 1.54) is 7.11 Å². The molecule has 10 heteroatoms. The third-order valence-corrected chi connectivity index (χ3v) is 5.50. The highest BCUT2D eigenvalue weighted by molar-refractivity contribution is 7.10. The number of rotatable bonds is 8. The molecule has 1 atom stereocenters. The van der Waals surface area contributed by atoms with Crippen LogP contribution in [0, 0.1) is 6.92 Å². The molecule has 1 aromatic carbocycles. The summed E-state index contributed by atoms with van der Waals surface area (Å²) in [7, 11) is 2.92. The number of fused-ring (bicyclic) bond motifs is 1. The fraction of sp³-hybridized carbons (Fsp3) is 0.300. The number of amides is 1. The number of anilines is 1. The summed E-state index contributed by atoms with van der Waals surface area (Å²) >= 11 is 1.13. The van der Waals surface area contributed by atoms with E-state index >= 15 is 0 Å². The second-order valence-corrected chi connectivity index (χ2v) is 7.28. The molecule has 0 saturated heterocycles. The molecule has 0 bridgehead atoms. The summed E-state index contributed by atoms with van der Waals surface area (Å²) in [5.74, 6) is -1.85. The first-order valence-electron chi connectivity index (χ1n) is 9.18. The van der Waals surface area contributed by atoms with Gasteiger partial charge in [-0.2, -0.15) is 4.37 Å². The monoisotopic (exact) mass is 430 g/mol. The lowest BCUT2D eigenvalue weighted by molar-refractivity contribution is -0.145. The Morgan fingerprint density at radius 1 is 1.27 bits per heavy atom. The van der Waals surface area contributed by atoms with E-state index in [1.54, 1.807) is 20.2 Å². The molecule has 3 aromatic rings. The zero-order valence-corrected chi connectivity index (χ0v) is 17.6. The fourth-order valence-corrected chi connectivity index (χ4v) is 3.81. The zero-order valence-electron chi connectivity index (χ0n) is 16.8. The summed E-state index contributed by atoms with van der Waals surface area (Å²) in [6.45, 7) is 1.15. The van der Waals surface area contributed by atoms with Gasteiger partial charge in [0, 0.05) is 30.6 Å². The Balaban J connectivity index is 1.65. The fourth-order valence-electron chi connectivity index (χ4n) is 3.08. The second-order valence-electron chi connectivity index (χ2n) is 6.51. The number of aromatic nitrogens is 2. The quantitative estimate of drug-likeness (QED) is 0.467. The molecule has 2 heterocycles. The van der Waals surface area contributed by atoms with Gasteiger partial charge < -0.3 is 25.1 Å². The van der Waals surface area contributed by atoms with Gasteiger partial charge in [-0.05, 0) is 30.1 Å². The highest BCUT2D eigenvalue weighted by atomic mass is 32.1. The van der Waals surface area contributed by atoms with Crippen molar-refractivity contribution in [2.45, 2.75) is 19.4 Å². The molecule has 0 aliphatic rings. The summed E-state index contributed by atoms with van der Waals surface area (Å²) in [5, 5.41) is 6.96. The third-order valence-electron chi connectivity index (χ3n) is 4.55. The maximum atomic E-state index is 12.3. The van der Waals surface area contributed by atoms with Crippen LogP contribution in [0.15, 0.2) is 30.5 Å². The average Bonchev–Trinajstić information content (AvgIpc) is 3.34. The van der Waals surface area contributed by atoms with E-state index in [2.05, 4.69) is 20.0 Å². The maximum Gasteiger partial charge on any atom is 0.343 e. The van der Waals surface area contributed by atoms with Crippen molar-refractivity contribution in [3.63, 3.8) is 0 Å². The van der Waals surface area contributed by atoms with Crippen LogP contribution < -0.4 is 10.6 Å². The van der Waals surface area contributed by atoms with Gasteiger partial charge in [-0.15, -0.1) is 0 Å². The molecule has 2 aromatic heterocycles. The van der Waals surface area contributed by atoms with Crippen molar-refractivity contribution < 1.29 is 23.9 Å². The minimum Gasteiger partial charge on any atom is -0.467 e. The van der Waals surface area contributed by atoms with Gasteiger partial charge in [0.15, 0.2) is 6.61 Å². The minimum atomic E-state index is -0.919. The first-order valence-corrected chi connectivity index (χ1v) is 9.95. The third kappa shape index (κ3) is 4.60. The number of carbonyl (C=O) groups is 3. The van der Waals surface area contributed by atoms with Gasteiger partial charge in [-0.1, -0.05) is 18.2 Å². The first-order chi connectivity index (χ1) is 14.4. The van der Waals surface area contributed by atoms with Gasteiger partial charge >= 0.3 is 11.9 Å². The van der Waals surface area contributed by atoms with E-state index in [0.29, 0.717) is 16.3 Å². The lowest BCUT2D eigenvalue weighted by Crippen LogP contribution is -2.44. The van der Waals surface area contributed by atoms with E-state index < -0.39 is 30.5 Å². The summed E-state index contributed by atoms with van der Waals surface area (Å²) in [4.78, 5) is 40.0. The number of ether oxygens (including phenoxy) is 2. The number of aromatic amines is 1. The normalized spacial score (nSPS) is 11.7. The van der Waals surface area contributed by atoms with E-state index in [0.717, 1.165) is 28.0 Å². The van der Waals surface area contributed by atoms with Crippen molar-refractivity contribution >= 4 is 45.3 Å². The SMILES string of the molecule is CNc1snc(C)c1C(=O)OCC(=O)NC(Cc1c[nH]c2ccccc12)C(=O)OC. The Morgan fingerprint density at radius 2 is 2.03 bits per heavy atom. The molecule has 0 fully saturated rings. The summed E-state index contributed by atoms with van der Waals surface area (Å²) < 4.78 is 14.0. The molecule has 0 saturated carbocycles. The molecule has 0 aliphatic heterocycles. The van der Waals surface area contributed by atoms with Crippen LogP contribution in [0.5, 0.6) is 0 Å². The number of esters is 2. The number of nitrogens with one attached hydrogen (secondary N) is 3. The van der Waals surface area contributed by atoms with Crippen molar-refractivity contribution in [1.82, 2.24) is 14.7 Å². The van der Waals surface area contributed by atoms with Crippen LogP contribution in [0.4, 0.5) is 5.00 Å². The van der Waals surface area contributed by atoms with Crippen molar-refractivity contribution in [2.75, 3.05) is 26.1 Å². The van der Waals surface area contributed by atoms with Crippen LogP contribution in [0.2, 0.25) is 0 Å². The first kappa shape index (κ1) is 21.3. The Kier molecular flexibility index (Phi) is 6.68. The molecule has 158 valence electrons. The van der Waals surface area contributed by atoms with Crippen LogP contribution >= 0.6 is 11.5 Å². The summed E-state index contributed by atoms with van der Waals surface area (Å²) in [6, 6.07) is 6.73. The lowest BCUT2D eigenvalue weighted by Gasteiger charge is -2.16. The Hall–Kier alpha value is -3.40. The molecule has 30 heavy (non-hydrogen) atoms. The van der Waals surface area contributed by atoms with Crippen molar-refractivity contribution in [3.05, 3.63) is 47.3 Å². The average molecular weight is 430 g/mol. The number of hydrogen-bond donors (Lipinski definition) is 3. The standard InChI is InChI=1S/C20H22N4O5S/c1-11-17(18(21-2)30-24-11)20(27)29-10-16(25)23-15(19(26)28-3)8-12-9-22-14-7-5-4-6-13(12)14/h4-7,9,15,21-22H,8,10H2,1-3H3,(H,23,25). The zero-order chi connectivity index (χ0) is 21.7. The van der Waals surface area contributed by atoms with E-state index in [9.17, 15) is 14.4 Å². The number of methoxy groups -OCH3 is 1. The number of aryl methyl sites for hydroxylation is 1. The molecule has 1 amide bonds. The molecule has 1 unspecified atom stereocenters. The van der Waals surface area contributed by atoms with Crippen molar-refractivity contribution in [1.29, 1.82) is 0 Å². The largest absolute Gasteiger partial charge is 0.467 e. The number of benzene rings is 1. The summed E-state index contributed by atoms with van der Waals surface area (Å²) in [6.07, 6.45) is 2.02. The molecular formula is C20H22N4O5S. The Labute approximate surface area is 176 Å².